The Bertz CT molecular complexity index is 231. The maximum atomic E-state index is 5.84. The van der Waals surface area contributed by atoms with E-state index in [1.54, 1.807) is 11.3 Å². The number of rotatable bonds is 3. The Kier molecular flexibility index (Phi) is 3.15. The van der Waals surface area contributed by atoms with Gasteiger partial charge >= 0.3 is 0 Å². The number of anilines is 1. The Morgan fingerprint density at radius 2 is 2.17 bits per heavy atom. The molecule has 0 bridgehead atoms. The topological polar surface area (TPSA) is 26.0 Å². The van der Waals surface area contributed by atoms with Crippen LogP contribution >= 0.6 is 11.3 Å². The lowest BCUT2D eigenvalue weighted by molar-refractivity contribution is 0.587. The van der Waals surface area contributed by atoms with Gasteiger partial charge in [0.15, 0.2) is 0 Å². The van der Waals surface area contributed by atoms with E-state index in [0.717, 1.165) is 18.0 Å². The molecular weight excluding hydrogens is 166 g/mol. The fraction of sp³-hybridized carbons (Fsp3) is 0.600. The highest BCUT2D eigenvalue weighted by Gasteiger charge is 2.05. The molecule has 0 saturated carbocycles. The molecule has 1 nitrogen and oxygen atoms in total. The molecule has 0 aliphatic carbocycles. The third kappa shape index (κ3) is 2.24. The minimum absolute atomic E-state index is 0.767. The fourth-order valence-electron chi connectivity index (χ4n) is 1.25. The van der Waals surface area contributed by atoms with Crippen molar-refractivity contribution in [2.75, 3.05) is 5.73 Å². The Hall–Kier alpha value is -0.500. The average Bonchev–Trinajstić information content (AvgIpc) is 2.28. The molecule has 1 aromatic heterocycles. The summed E-state index contributed by atoms with van der Waals surface area (Å²) in [6.07, 6.45) is 2.38. The Labute approximate surface area is 78.6 Å². The summed E-state index contributed by atoms with van der Waals surface area (Å²) in [5.41, 5.74) is 8.19. The second-order valence-electron chi connectivity index (χ2n) is 3.66. The summed E-state index contributed by atoms with van der Waals surface area (Å²) in [6, 6.07) is 0. The van der Waals surface area contributed by atoms with Crippen molar-refractivity contribution in [3.05, 3.63) is 15.8 Å². The predicted octanol–water partition coefficient (Wildman–Crippen LogP) is 3.23. The SMILES string of the molecule is Cc1scc(N)c1CCC(C)C. The highest BCUT2D eigenvalue weighted by molar-refractivity contribution is 7.10. The van der Waals surface area contributed by atoms with Crippen LogP contribution in [-0.4, -0.2) is 0 Å². The van der Waals surface area contributed by atoms with E-state index in [1.165, 1.54) is 16.9 Å². The molecular formula is C10H17NS. The van der Waals surface area contributed by atoms with Gasteiger partial charge in [-0.2, -0.15) is 0 Å². The van der Waals surface area contributed by atoms with Crippen LogP contribution in [0.4, 0.5) is 5.69 Å². The molecule has 0 radical (unpaired) electrons. The molecule has 0 aliphatic heterocycles. The first kappa shape index (κ1) is 9.59. The minimum atomic E-state index is 0.767. The zero-order valence-electron chi connectivity index (χ0n) is 8.05. The first-order valence-electron chi connectivity index (χ1n) is 4.43. The van der Waals surface area contributed by atoms with Crippen LogP contribution < -0.4 is 5.73 Å². The monoisotopic (exact) mass is 183 g/mol. The normalized spacial score (nSPS) is 11.0. The van der Waals surface area contributed by atoms with E-state index in [-0.39, 0.29) is 0 Å². The smallest absolute Gasteiger partial charge is 0.0458 e. The Morgan fingerprint density at radius 3 is 2.58 bits per heavy atom. The van der Waals surface area contributed by atoms with Crippen molar-refractivity contribution in [1.29, 1.82) is 0 Å². The molecule has 2 heteroatoms. The highest BCUT2D eigenvalue weighted by atomic mass is 32.1. The van der Waals surface area contributed by atoms with Crippen LogP contribution in [-0.2, 0) is 6.42 Å². The van der Waals surface area contributed by atoms with Gasteiger partial charge in [0.2, 0.25) is 0 Å². The molecule has 12 heavy (non-hydrogen) atoms. The van der Waals surface area contributed by atoms with Crippen molar-refractivity contribution < 1.29 is 0 Å². The maximum Gasteiger partial charge on any atom is 0.0458 e. The average molecular weight is 183 g/mol. The number of hydrogen-bond acceptors (Lipinski definition) is 2. The lowest BCUT2D eigenvalue weighted by Gasteiger charge is -2.04. The van der Waals surface area contributed by atoms with Gasteiger partial charge in [0.25, 0.3) is 0 Å². The highest BCUT2D eigenvalue weighted by Crippen LogP contribution is 2.25. The van der Waals surface area contributed by atoms with Crippen molar-refractivity contribution >= 4 is 17.0 Å². The van der Waals surface area contributed by atoms with Crippen molar-refractivity contribution in [3.8, 4) is 0 Å². The predicted molar refractivity (Wildman–Crippen MR) is 56.6 cm³/mol. The summed E-state index contributed by atoms with van der Waals surface area (Å²) in [5.74, 6) is 0.767. The largest absolute Gasteiger partial charge is 0.398 e. The Balaban J connectivity index is 2.62. The molecule has 2 N–H and O–H groups in total. The van der Waals surface area contributed by atoms with E-state index >= 15 is 0 Å². The number of hydrogen-bond donors (Lipinski definition) is 1. The Morgan fingerprint density at radius 1 is 1.50 bits per heavy atom. The lowest BCUT2D eigenvalue weighted by Crippen LogP contribution is -1.95. The van der Waals surface area contributed by atoms with Crippen molar-refractivity contribution in [2.24, 2.45) is 5.92 Å². The van der Waals surface area contributed by atoms with Crippen LogP contribution in [0.25, 0.3) is 0 Å². The van der Waals surface area contributed by atoms with Crippen LogP contribution in [0.2, 0.25) is 0 Å². The van der Waals surface area contributed by atoms with Gasteiger partial charge in [-0.15, -0.1) is 11.3 Å². The second kappa shape index (κ2) is 3.94. The number of nitrogen functional groups attached to an aromatic ring is 1. The molecule has 1 aromatic rings. The first-order chi connectivity index (χ1) is 5.61. The molecule has 1 rings (SSSR count). The number of nitrogens with two attached hydrogens (primary N) is 1. The van der Waals surface area contributed by atoms with Gasteiger partial charge in [-0.05, 0) is 31.2 Å². The van der Waals surface area contributed by atoms with Crippen molar-refractivity contribution in [3.63, 3.8) is 0 Å². The summed E-state index contributed by atoms with van der Waals surface area (Å²) in [4.78, 5) is 1.38. The zero-order valence-corrected chi connectivity index (χ0v) is 8.87. The molecule has 0 amide bonds. The van der Waals surface area contributed by atoms with Gasteiger partial charge in [-0.25, -0.2) is 0 Å². The molecule has 0 unspecified atom stereocenters. The zero-order chi connectivity index (χ0) is 9.14. The van der Waals surface area contributed by atoms with Gasteiger partial charge < -0.3 is 5.73 Å². The van der Waals surface area contributed by atoms with Crippen LogP contribution in [0.1, 0.15) is 30.7 Å². The van der Waals surface area contributed by atoms with Crippen LogP contribution in [0.15, 0.2) is 5.38 Å². The summed E-state index contributed by atoms with van der Waals surface area (Å²) < 4.78 is 0. The van der Waals surface area contributed by atoms with E-state index < -0.39 is 0 Å². The summed E-state index contributed by atoms with van der Waals surface area (Å²) in [6.45, 7) is 6.65. The molecule has 0 saturated heterocycles. The minimum Gasteiger partial charge on any atom is -0.398 e. The first-order valence-corrected chi connectivity index (χ1v) is 5.31. The molecule has 1 heterocycles. The quantitative estimate of drug-likeness (QED) is 0.765. The van der Waals surface area contributed by atoms with Crippen LogP contribution in [0.5, 0.6) is 0 Å². The van der Waals surface area contributed by atoms with E-state index in [4.69, 9.17) is 5.73 Å². The maximum absolute atomic E-state index is 5.84. The molecule has 0 aliphatic rings. The van der Waals surface area contributed by atoms with Crippen LogP contribution in [0, 0.1) is 12.8 Å². The summed E-state index contributed by atoms with van der Waals surface area (Å²) in [7, 11) is 0. The second-order valence-corrected chi connectivity index (χ2v) is 4.74. The van der Waals surface area contributed by atoms with E-state index in [9.17, 15) is 0 Å². The third-order valence-electron chi connectivity index (χ3n) is 2.11. The number of aryl methyl sites for hydroxylation is 1. The standard InChI is InChI=1S/C10H17NS/c1-7(2)4-5-9-8(3)12-6-10(9)11/h6-7H,4-5,11H2,1-3H3. The van der Waals surface area contributed by atoms with E-state index in [0.29, 0.717) is 0 Å². The summed E-state index contributed by atoms with van der Waals surface area (Å²) in [5, 5.41) is 2.05. The summed E-state index contributed by atoms with van der Waals surface area (Å²) >= 11 is 1.76. The van der Waals surface area contributed by atoms with Crippen molar-refractivity contribution in [2.45, 2.75) is 33.6 Å². The third-order valence-corrected chi connectivity index (χ3v) is 3.08. The molecule has 0 aromatic carbocycles. The molecule has 0 spiro atoms. The van der Waals surface area contributed by atoms with E-state index in [1.807, 2.05) is 5.38 Å². The van der Waals surface area contributed by atoms with Crippen molar-refractivity contribution in [1.82, 2.24) is 0 Å². The van der Waals surface area contributed by atoms with E-state index in [2.05, 4.69) is 20.8 Å². The molecule has 0 atom stereocenters. The van der Waals surface area contributed by atoms with Gasteiger partial charge in [0, 0.05) is 15.9 Å². The number of thiophene rings is 1. The van der Waals surface area contributed by atoms with Gasteiger partial charge in [0.05, 0.1) is 0 Å². The van der Waals surface area contributed by atoms with Gasteiger partial charge in [-0.3, -0.25) is 0 Å². The van der Waals surface area contributed by atoms with Crippen LogP contribution in [0.3, 0.4) is 0 Å². The van der Waals surface area contributed by atoms with Gasteiger partial charge in [0.1, 0.15) is 0 Å². The lowest BCUT2D eigenvalue weighted by atomic mass is 10.0. The molecule has 68 valence electrons. The fourth-order valence-corrected chi connectivity index (χ4v) is 2.06. The van der Waals surface area contributed by atoms with Gasteiger partial charge in [-0.1, -0.05) is 13.8 Å². The molecule has 0 fully saturated rings.